The molecule has 0 radical (unpaired) electrons. The Labute approximate surface area is 444 Å². The molecule has 1 aromatic carbocycles. The molecule has 0 aliphatic rings. The Morgan fingerprint density at radius 2 is 0.908 bits per heavy atom. The summed E-state index contributed by atoms with van der Waals surface area (Å²) in [7, 11) is 0. The van der Waals surface area contributed by atoms with Crippen LogP contribution in [0.25, 0.3) is 0 Å². The van der Waals surface area contributed by atoms with E-state index >= 15 is 0 Å². The molecule has 9 atom stereocenters. The van der Waals surface area contributed by atoms with Gasteiger partial charge in [0.25, 0.3) is 0 Å². The molecule has 0 fully saturated rings. The summed E-state index contributed by atoms with van der Waals surface area (Å²) in [6, 6.07) is -6.08. The van der Waals surface area contributed by atoms with E-state index in [0.29, 0.717) is 5.56 Å². The molecule has 76 heavy (non-hydrogen) atoms. The first-order valence-corrected chi connectivity index (χ1v) is 25.4. The number of phenols is 1. The number of nitrogens with zero attached hydrogens (tertiary/aromatic N) is 1. The second-order valence-corrected chi connectivity index (χ2v) is 20.6. The number of phenolic OH excluding ortho intramolecular Hbond substituents is 1. The molecule has 1 aromatic rings. The average Bonchev–Trinajstić information content (AvgIpc) is 3.30. The van der Waals surface area contributed by atoms with Gasteiger partial charge in [-0.2, -0.15) is 0 Å². The number of benzene rings is 1. The van der Waals surface area contributed by atoms with Crippen LogP contribution in [0.5, 0.6) is 5.75 Å². The zero-order chi connectivity index (χ0) is 58.0. The van der Waals surface area contributed by atoms with Crippen LogP contribution in [0.4, 0.5) is 0 Å². The first-order chi connectivity index (χ1) is 35.4. The SMILES string of the molecule is CC(C)C[C@H](NC(=O)[C@H](C)NC(=O)[C@@H](N)CC(N)=O)C(=O)N[C@@H](CC(C)C)C(=O)N[C@@H](CCCN=C(N)N)C(=O)N[C@@H](Cc1ccc(O)cc1)C(=O)N[C@@H](CC(C)C)C(=O)N[C@@H](CC(C)C)C(=O)N[C@H](C=O)CC(=O)O. The highest BCUT2D eigenvalue weighted by Crippen LogP contribution is 2.15. The van der Waals surface area contributed by atoms with E-state index in [1.54, 1.807) is 55.4 Å². The van der Waals surface area contributed by atoms with Crippen LogP contribution in [-0.4, -0.2) is 143 Å². The van der Waals surface area contributed by atoms with E-state index in [4.69, 9.17) is 22.9 Å². The second-order valence-electron chi connectivity index (χ2n) is 20.6. The summed E-state index contributed by atoms with van der Waals surface area (Å²) in [6.45, 7) is 15.6. The summed E-state index contributed by atoms with van der Waals surface area (Å²) in [5.41, 5.74) is 22.4. The van der Waals surface area contributed by atoms with Crippen molar-refractivity contribution in [1.82, 2.24) is 42.5 Å². The Balaban J connectivity index is 3.66. The highest BCUT2D eigenvalue weighted by atomic mass is 16.4. The maximum atomic E-state index is 14.5. The van der Waals surface area contributed by atoms with E-state index in [9.17, 15) is 63.0 Å². The molecule has 9 amide bonds. The zero-order valence-corrected chi connectivity index (χ0v) is 45.1. The molecule has 0 aliphatic heterocycles. The third-order valence-corrected chi connectivity index (χ3v) is 11.3. The molecule has 0 saturated heterocycles. The predicted octanol–water partition coefficient (Wildman–Crippen LogP) is -2.05. The molecule has 0 unspecified atom stereocenters. The van der Waals surface area contributed by atoms with Crippen molar-refractivity contribution in [2.45, 2.75) is 174 Å². The predicted molar refractivity (Wildman–Crippen MR) is 281 cm³/mol. The molecular weight excluding hydrogens is 991 g/mol. The number of rotatable bonds is 35. The fourth-order valence-electron chi connectivity index (χ4n) is 7.62. The number of hydrogen-bond donors (Lipinski definition) is 14. The number of nitrogens with one attached hydrogen (secondary N) is 8. The Bertz CT molecular complexity index is 2170. The van der Waals surface area contributed by atoms with Gasteiger partial charge in [-0.25, -0.2) is 0 Å². The zero-order valence-electron chi connectivity index (χ0n) is 45.1. The van der Waals surface area contributed by atoms with Gasteiger partial charge >= 0.3 is 5.97 Å². The normalized spacial score (nSPS) is 14.8. The first-order valence-electron chi connectivity index (χ1n) is 25.4. The van der Waals surface area contributed by atoms with Crippen molar-refractivity contribution in [1.29, 1.82) is 0 Å². The molecule has 0 saturated carbocycles. The summed E-state index contributed by atoms with van der Waals surface area (Å²) in [5, 5.41) is 40.0. The van der Waals surface area contributed by atoms with Gasteiger partial charge in [-0.3, -0.25) is 52.9 Å². The van der Waals surface area contributed by atoms with Gasteiger partial charge in [-0.05, 0) is 86.8 Å². The van der Waals surface area contributed by atoms with Crippen molar-refractivity contribution in [3.05, 3.63) is 29.8 Å². The van der Waals surface area contributed by atoms with Crippen molar-refractivity contribution in [3.8, 4) is 5.75 Å². The van der Waals surface area contributed by atoms with Crippen LogP contribution in [0.2, 0.25) is 0 Å². The highest BCUT2D eigenvalue weighted by Gasteiger charge is 2.35. The van der Waals surface area contributed by atoms with Crippen LogP contribution >= 0.6 is 0 Å². The molecule has 26 nitrogen and oxygen atoms in total. The lowest BCUT2D eigenvalue weighted by Gasteiger charge is -2.29. The van der Waals surface area contributed by atoms with E-state index in [1.807, 2.05) is 0 Å². The third kappa shape index (κ3) is 26.7. The van der Waals surface area contributed by atoms with E-state index in [0.717, 1.165) is 0 Å². The van der Waals surface area contributed by atoms with Crippen LogP contribution in [0.1, 0.15) is 119 Å². The maximum absolute atomic E-state index is 14.5. The van der Waals surface area contributed by atoms with Gasteiger partial charge in [0.1, 0.15) is 54.3 Å². The van der Waals surface area contributed by atoms with Gasteiger partial charge in [0.05, 0.1) is 24.9 Å². The minimum atomic E-state index is -1.45. The molecule has 26 heteroatoms. The minimum absolute atomic E-state index is 0.0231. The summed E-state index contributed by atoms with van der Waals surface area (Å²) in [6.07, 6.45) is -0.806. The Morgan fingerprint density at radius 1 is 0.526 bits per heavy atom. The van der Waals surface area contributed by atoms with Gasteiger partial charge < -0.3 is 80.5 Å². The first kappa shape index (κ1) is 66.6. The number of primary amides is 1. The van der Waals surface area contributed by atoms with E-state index in [2.05, 4.69) is 47.5 Å². The van der Waals surface area contributed by atoms with Gasteiger partial charge in [0, 0.05) is 13.0 Å². The van der Waals surface area contributed by atoms with Crippen molar-refractivity contribution in [2.24, 2.45) is 51.6 Å². The number of aldehydes is 1. The Morgan fingerprint density at radius 3 is 1.30 bits per heavy atom. The molecule has 1 rings (SSSR count). The third-order valence-electron chi connectivity index (χ3n) is 11.3. The lowest BCUT2D eigenvalue weighted by Crippen LogP contribution is -2.60. The molecule has 426 valence electrons. The van der Waals surface area contributed by atoms with Gasteiger partial charge in [0.2, 0.25) is 53.2 Å². The molecule has 0 heterocycles. The molecular formula is C50H83N13O13. The number of aliphatic imine (C=N–C) groups is 1. The topological polar surface area (TPSA) is 441 Å². The van der Waals surface area contributed by atoms with Crippen molar-refractivity contribution < 1.29 is 63.0 Å². The number of aliphatic carboxylic acids is 1. The number of aromatic hydroxyl groups is 1. The van der Waals surface area contributed by atoms with Crippen LogP contribution in [0.15, 0.2) is 29.3 Å². The fraction of sp³-hybridized carbons (Fsp3) is 0.640. The number of guanidine groups is 1. The van der Waals surface area contributed by atoms with E-state index in [1.165, 1.54) is 31.2 Å². The van der Waals surface area contributed by atoms with Gasteiger partial charge in [-0.15, -0.1) is 0 Å². The number of carbonyl (C=O) groups excluding carboxylic acids is 10. The monoisotopic (exact) mass is 1070 g/mol. The Kier molecular flexibility index (Phi) is 29.4. The molecule has 0 aliphatic carbocycles. The summed E-state index contributed by atoms with van der Waals surface area (Å²) in [5.74, 6) is -9.76. The quantitative estimate of drug-likeness (QED) is 0.0151. The van der Waals surface area contributed by atoms with Crippen molar-refractivity contribution in [2.75, 3.05) is 6.54 Å². The molecule has 0 bridgehead atoms. The number of amides is 9. The summed E-state index contributed by atoms with van der Waals surface area (Å²) >= 11 is 0. The highest BCUT2D eigenvalue weighted by molar-refractivity contribution is 5.98. The van der Waals surface area contributed by atoms with Crippen molar-refractivity contribution in [3.63, 3.8) is 0 Å². The van der Waals surface area contributed by atoms with Crippen LogP contribution in [0, 0.1) is 23.7 Å². The lowest BCUT2D eigenvalue weighted by molar-refractivity contribution is -0.139. The van der Waals surface area contributed by atoms with E-state index < -0.39 is 126 Å². The number of nitrogens with two attached hydrogens (primary N) is 4. The number of carboxylic acid groups (broad SMARTS) is 1. The maximum Gasteiger partial charge on any atom is 0.305 e. The van der Waals surface area contributed by atoms with Gasteiger partial charge in [-0.1, -0.05) is 67.5 Å². The molecule has 0 aromatic heterocycles. The van der Waals surface area contributed by atoms with Crippen LogP contribution < -0.4 is 65.5 Å². The molecule has 0 spiro atoms. The molecule has 18 N–H and O–H groups in total. The number of carbonyl (C=O) groups is 11. The van der Waals surface area contributed by atoms with Crippen LogP contribution in [-0.2, 0) is 59.2 Å². The largest absolute Gasteiger partial charge is 0.508 e. The van der Waals surface area contributed by atoms with Gasteiger partial charge in [0.15, 0.2) is 5.96 Å². The smallest absolute Gasteiger partial charge is 0.305 e. The average molecular weight is 1070 g/mol. The van der Waals surface area contributed by atoms with Crippen LogP contribution in [0.3, 0.4) is 0 Å². The summed E-state index contributed by atoms with van der Waals surface area (Å²) < 4.78 is 0. The Hall–Kier alpha value is -7.38. The lowest BCUT2D eigenvalue weighted by atomic mass is 9.98. The fourth-order valence-corrected chi connectivity index (χ4v) is 7.62. The van der Waals surface area contributed by atoms with Crippen molar-refractivity contribution >= 4 is 71.4 Å². The standard InChI is InChI=1S/C50H83N13O13/c1-25(2)17-35(45(72)57-31(24-64)22-41(67)68)60-48(75)38(20-28(7)8)62-49(76)39(21-30-12-14-32(65)15-13-30)63-44(71)34(11-10-16-55-50(53)54)58-46(73)37(19-27(5)6)61-47(74)36(18-26(3)4)59-42(69)29(9)56-43(70)33(51)23-40(52)66/h12-15,24-29,31,33-39,65H,10-11,16-23,51H2,1-9H3,(H2,52,66)(H,56,70)(H,57,72)(H,58,73)(H,59,69)(H,60,75)(H,61,74)(H,62,76)(H,63,71)(H,67,68)(H4,53,54,55)/t29-,31-,33-,34-,35-,36-,37-,38-,39-/m0/s1. The number of hydrogen-bond acceptors (Lipinski definition) is 14. The minimum Gasteiger partial charge on any atom is -0.508 e. The second kappa shape index (κ2) is 33.5. The van der Waals surface area contributed by atoms with E-state index in [-0.39, 0.29) is 93.2 Å². The summed E-state index contributed by atoms with van der Waals surface area (Å²) in [4.78, 5) is 149. The number of carboxylic acids is 1.